The van der Waals surface area contributed by atoms with E-state index in [2.05, 4.69) is 326 Å². The largest absolute Gasteiger partial charge is 0.509 e. The number of hydrogen-bond acceptors (Lipinski definition) is 4. The number of ether oxygens (including phenoxy) is 1. The average molecular weight is 1280 g/mol. The molecule has 1 unspecified atom stereocenters. The SMILES string of the molecule is CC(C)(C)c1ccnc(-n2c3[c-]c(Oc4[c-]c(N5[CH-]N(c6c(-c7ccccc7)cc(C(C)(C)C)cc6-c6ccccc6)c6ccccc65)cc(C5(c6ccccc6)c6ccccc6-c6ccc(C(C)(C)C)cc65)c4)ccc3c3ccccc32)c1.[Pt]. The summed E-state index contributed by atoms with van der Waals surface area (Å²) in [6, 6.07) is 91.9. The van der Waals surface area contributed by atoms with Gasteiger partial charge in [-0.05, 0) is 120 Å². The molecule has 2 aromatic heterocycles. The van der Waals surface area contributed by atoms with Gasteiger partial charge in [-0.2, -0.15) is 6.07 Å². The summed E-state index contributed by atoms with van der Waals surface area (Å²) in [5.41, 5.74) is 20.3. The topological polar surface area (TPSA) is 33.5 Å². The number of anilines is 4. The summed E-state index contributed by atoms with van der Waals surface area (Å²) in [7, 11) is 0. The van der Waals surface area contributed by atoms with Crippen LogP contribution in [0.3, 0.4) is 0 Å². The fourth-order valence-corrected chi connectivity index (χ4v) is 12.9. The molecular formula is C79H67N4OPt-3. The van der Waals surface area contributed by atoms with E-state index >= 15 is 0 Å². The fraction of sp³-hybridized carbons (Fsp3) is 0.165. The third-order valence-corrected chi connectivity index (χ3v) is 17.3. The summed E-state index contributed by atoms with van der Waals surface area (Å²) in [4.78, 5) is 9.72. The molecule has 5 nitrogen and oxygen atoms in total. The quantitative estimate of drug-likeness (QED) is 0.135. The van der Waals surface area contributed by atoms with Gasteiger partial charge in [-0.25, -0.2) is 4.98 Å². The molecule has 85 heavy (non-hydrogen) atoms. The Balaban J connectivity index is 0.00000672. The maximum Gasteiger partial charge on any atom is 0.135 e. The Hall–Kier alpha value is -8.76. The van der Waals surface area contributed by atoms with E-state index in [4.69, 9.17) is 9.72 Å². The van der Waals surface area contributed by atoms with Crippen LogP contribution in [0.25, 0.3) is 61.0 Å². The molecule has 0 spiro atoms. The van der Waals surface area contributed by atoms with Crippen molar-refractivity contribution in [3.05, 3.63) is 294 Å². The number of aromatic nitrogens is 2. The van der Waals surface area contributed by atoms with E-state index in [0.29, 0.717) is 11.5 Å². The van der Waals surface area contributed by atoms with E-state index in [1.165, 1.54) is 44.5 Å². The second-order valence-electron chi connectivity index (χ2n) is 25.7. The van der Waals surface area contributed by atoms with E-state index in [9.17, 15) is 0 Å². The van der Waals surface area contributed by atoms with Crippen LogP contribution in [0.5, 0.6) is 11.5 Å². The van der Waals surface area contributed by atoms with Gasteiger partial charge in [0.05, 0.1) is 0 Å². The van der Waals surface area contributed by atoms with E-state index in [0.717, 1.165) is 78.2 Å². The van der Waals surface area contributed by atoms with Crippen LogP contribution < -0.4 is 14.5 Å². The minimum absolute atomic E-state index is 0. The number of fused-ring (bicyclic) bond motifs is 7. The van der Waals surface area contributed by atoms with Crippen LogP contribution in [-0.2, 0) is 42.7 Å². The Morgan fingerprint density at radius 2 is 1.01 bits per heavy atom. The first-order valence-electron chi connectivity index (χ1n) is 29.3. The molecule has 0 N–H and O–H groups in total. The molecule has 0 saturated carbocycles. The van der Waals surface area contributed by atoms with Crippen molar-refractivity contribution in [3.63, 3.8) is 0 Å². The Kier molecular flexibility index (Phi) is 13.7. The summed E-state index contributed by atoms with van der Waals surface area (Å²) in [6.07, 6.45) is 1.92. The molecular weight excluding hydrogens is 1220 g/mol. The van der Waals surface area contributed by atoms with Gasteiger partial charge >= 0.3 is 0 Å². The van der Waals surface area contributed by atoms with Gasteiger partial charge in [0.25, 0.3) is 0 Å². The van der Waals surface area contributed by atoms with Gasteiger partial charge in [-0.3, -0.25) is 0 Å². The molecule has 1 aliphatic heterocycles. The minimum atomic E-state index is -0.775. The van der Waals surface area contributed by atoms with Gasteiger partial charge in [0, 0.05) is 77.9 Å². The minimum Gasteiger partial charge on any atom is -0.509 e. The molecule has 10 aromatic carbocycles. The van der Waals surface area contributed by atoms with Crippen LogP contribution in [0, 0.1) is 18.8 Å². The molecule has 6 heteroatoms. The first kappa shape index (κ1) is 55.4. The van der Waals surface area contributed by atoms with E-state index in [1.54, 1.807) is 0 Å². The first-order chi connectivity index (χ1) is 40.5. The fourth-order valence-electron chi connectivity index (χ4n) is 12.9. The molecule has 14 rings (SSSR count). The molecule has 1 atom stereocenters. The molecule has 12 aromatic rings. The summed E-state index contributed by atoms with van der Waals surface area (Å²) in [5.74, 6) is 1.97. The van der Waals surface area contributed by atoms with Gasteiger partial charge in [-0.15, -0.1) is 53.6 Å². The zero-order valence-electron chi connectivity index (χ0n) is 49.6. The van der Waals surface area contributed by atoms with Gasteiger partial charge in [0.1, 0.15) is 5.82 Å². The Morgan fingerprint density at radius 3 is 1.68 bits per heavy atom. The second kappa shape index (κ2) is 21.1. The van der Waals surface area contributed by atoms with Crippen molar-refractivity contribution in [3.8, 4) is 50.7 Å². The van der Waals surface area contributed by atoms with Crippen LogP contribution in [0.15, 0.2) is 237 Å². The molecule has 0 amide bonds. The van der Waals surface area contributed by atoms with Crippen molar-refractivity contribution in [2.45, 2.75) is 84.0 Å². The maximum atomic E-state index is 7.39. The summed E-state index contributed by atoms with van der Waals surface area (Å²) >= 11 is 0. The van der Waals surface area contributed by atoms with Gasteiger partial charge in [0.15, 0.2) is 0 Å². The number of benzene rings is 10. The van der Waals surface area contributed by atoms with Gasteiger partial charge in [0.2, 0.25) is 0 Å². The molecule has 0 fully saturated rings. The molecule has 0 saturated heterocycles. The monoisotopic (exact) mass is 1280 g/mol. The number of para-hydroxylation sites is 3. The van der Waals surface area contributed by atoms with Crippen LogP contribution in [0.2, 0.25) is 0 Å². The summed E-state index contributed by atoms with van der Waals surface area (Å²) < 4.78 is 9.62. The molecule has 3 heterocycles. The van der Waals surface area contributed by atoms with E-state index < -0.39 is 5.41 Å². The molecule has 422 valence electrons. The van der Waals surface area contributed by atoms with Crippen molar-refractivity contribution in [2.24, 2.45) is 0 Å². The second-order valence-corrected chi connectivity index (χ2v) is 25.7. The molecule has 2 aliphatic rings. The Morgan fingerprint density at radius 1 is 0.435 bits per heavy atom. The third kappa shape index (κ3) is 9.49. The van der Waals surface area contributed by atoms with Crippen molar-refractivity contribution in [1.82, 2.24) is 9.55 Å². The van der Waals surface area contributed by atoms with Crippen molar-refractivity contribution in [1.29, 1.82) is 0 Å². The Bertz CT molecular complexity index is 4450. The molecule has 0 radical (unpaired) electrons. The van der Waals surface area contributed by atoms with Crippen molar-refractivity contribution < 1.29 is 25.8 Å². The van der Waals surface area contributed by atoms with Crippen molar-refractivity contribution >= 4 is 44.6 Å². The van der Waals surface area contributed by atoms with E-state index in [-0.39, 0.29) is 37.3 Å². The standard InChI is InChI=1S/C79H67N4O.Pt/c1-76(2,3)55-37-39-63-62-31-19-21-33-68(62)79(69(63)47-55,54-29-17-12-18-30-54)58-43-59(49-61(44-58)84-60-38-40-65-64-32-20-22-34-70(64)83(73(65)50-60)74-48-56(41-42-80-74)77(4,5)6)81-51-82(72-36-24-23-35-71(72)81)75-66(52-25-13-10-14-26-52)45-57(78(7,8)9)46-67(75)53-27-15-11-16-28-53;/h10-48,51H,1-9H3;/q-3;. The number of nitrogens with zero attached hydrogens (tertiary/aromatic N) is 4. The van der Waals surface area contributed by atoms with E-state index in [1.807, 2.05) is 6.20 Å². The number of hydrogen-bond donors (Lipinski definition) is 0. The third-order valence-electron chi connectivity index (χ3n) is 17.3. The summed E-state index contributed by atoms with van der Waals surface area (Å²) in [6.45, 7) is 22.8. The predicted molar refractivity (Wildman–Crippen MR) is 349 cm³/mol. The Labute approximate surface area is 515 Å². The maximum absolute atomic E-state index is 7.39. The first-order valence-corrected chi connectivity index (χ1v) is 29.3. The molecule has 0 bridgehead atoms. The zero-order valence-corrected chi connectivity index (χ0v) is 51.9. The molecule has 1 aliphatic carbocycles. The van der Waals surface area contributed by atoms with Crippen molar-refractivity contribution in [2.75, 3.05) is 9.80 Å². The van der Waals surface area contributed by atoms with Gasteiger partial charge < -0.3 is 19.1 Å². The smallest absolute Gasteiger partial charge is 0.135 e. The van der Waals surface area contributed by atoms with Crippen LogP contribution in [0.1, 0.15) is 101 Å². The predicted octanol–water partition coefficient (Wildman–Crippen LogP) is 20.6. The van der Waals surface area contributed by atoms with Crippen LogP contribution in [-0.4, -0.2) is 9.55 Å². The van der Waals surface area contributed by atoms with Crippen LogP contribution in [0.4, 0.5) is 22.7 Å². The van der Waals surface area contributed by atoms with Crippen LogP contribution >= 0.6 is 0 Å². The number of rotatable bonds is 9. The average Bonchev–Trinajstić information content (AvgIpc) is 1.69. The number of pyridine rings is 1. The summed E-state index contributed by atoms with van der Waals surface area (Å²) in [5, 5.41) is 2.19. The normalized spacial score (nSPS) is 14.7. The zero-order chi connectivity index (χ0) is 57.7. The van der Waals surface area contributed by atoms with Gasteiger partial charge in [-0.1, -0.05) is 232 Å².